The minimum absolute atomic E-state index is 0.0253. The molecule has 0 amide bonds. The van der Waals surface area contributed by atoms with Crippen LogP contribution in [0.25, 0.3) is 10.4 Å². The van der Waals surface area contributed by atoms with Crippen molar-refractivity contribution in [2.24, 2.45) is 11.0 Å². The van der Waals surface area contributed by atoms with Crippen LogP contribution in [0.4, 0.5) is 0 Å². The normalized spacial score (nSPS) is 15.8. The summed E-state index contributed by atoms with van der Waals surface area (Å²) in [4.78, 5) is 44.3. The zero-order valence-electron chi connectivity index (χ0n) is 20.1. The summed E-state index contributed by atoms with van der Waals surface area (Å²) in [6.45, 7) is 1.92. The molecule has 0 N–H and O–H groups in total. The summed E-state index contributed by atoms with van der Waals surface area (Å²) in [5.41, 5.74) is 8.71. The number of benzene rings is 2. The SMILES string of the molecule is CC1(N=[N+]=[N-])COc2nc(=O)n(CCC(COC(=O)c3ccccc3)COC(=O)c3ccccc3)cc21. The molecule has 0 saturated heterocycles. The lowest BCUT2D eigenvalue weighted by Gasteiger charge is -2.19. The maximum atomic E-state index is 12.6. The smallest absolute Gasteiger partial charge is 0.350 e. The molecule has 3 aromatic rings. The first kappa shape index (κ1) is 25.5. The van der Waals surface area contributed by atoms with E-state index in [9.17, 15) is 14.4 Å². The number of esters is 2. The molecule has 0 fully saturated rings. The molecule has 2 aromatic carbocycles. The van der Waals surface area contributed by atoms with E-state index in [0.717, 1.165) is 0 Å². The number of carbonyl (C=O) groups is 2. The van der Waals surface area contributed by atoms with Gasteiger partial charge in [-0.15, -0.1) is 0 Å². The third kappa shape index (κ3) is 6.14. The summed E-state index contributed by atoms with van der Waals surface area (Å²) in [6.07, 6.45) is 1.90. The fraction of sp³-hybridized carbons (Fsp3) is 0.308. The highest BCUT2D eigenvalue weighted by Crippen LogP contribution is 2.37. The molecule has 0 bridgehead atoms. The molecule has 0 saturated carbocycles. The largest absolute Gasteiger partial charge is 0.476 e. The van der Waals surface area contributed by atoms with Crippen LogP contribution in [0.3, 0.4) is 0 Å². The van der Waals surface area contributed by atoms with Crippen molar-refractivity contribution in [2.45, 2.75) is 25.4 Å². The van der Waals surface area contributed by atoms with E-state index in [0.29, 0.717) is 23.1 Å². The van der Waals surface area contributed by atoms with Gasteiger partial charge >= 0.3 is 17.6 Å². The number of rotatable bonds is 10. The number of aromatic nitrogens is 2. The Morgan fingerprint density at radius 1 is 1.08 bits per heavy atom. The van der Waals surface area contributed by atoms with Crippen LogP contribution in [0.15, 0.2) is 76.8 Å². The average molecular weight is 504 g/mol. The van der Waals surface area contributed by atoms with Crippen molar-refractivity contribution < 1.29 is 23.8 Å². The number of ether oxygens (including phenoxy) is 3. The van der Waals surface area contributed by atoms with Gasteiger partial charge in [0.1, 0.15) is 12.1 Å². The first-order valence-electron chi connectivity index (χ1n) is 11.6. The summed E-state index contributed by atoms with van der Waals surface area (Å²) < 4.78 is 17.8. The second kappa shape index (κ2) is 11.4. The molecule has 1 aromatic heterocycles. The Morgan fingerprint density at radius 3 is 2.19 bits per heavy atom. The van der Waals surface area contributed by atoms with Gasteiger partial charge in [-0.3, -0.25) is 4.57 Å². The van der Waals surface area contributed by atoms with Gasteiger partial charge in [0, 0.05) is 29.1 Å². The van der Waals surface area contributed by atoms with E-state index in [1.54, 1.807) is 73.8 Å². The number of hydrogen-bond donors (Lipinski definition) is 0. The van der Waals surface area contributed by atoms with Crippen LogP contribution in [0.2, 0.25) is 0 Å². The highest BCUT2D eigenvalue weighted by molar-refractivity contribution is 5.89. The van der Waals surface area contributed by atoms with Gasteiger partial charge in [-0.25, -0.2) is 14.4 Å². The number of carbonyl (C=O) groups excluding carboxylic acids is 2. The van der Waals surface area contributed by atoms with Crippen LogP contribution in [-0.4, -0.2) is 41.3 Å². The Morgan fingerprint density at radius 2 is 1.65 bits per heavy atom. The molecule has 0 aliphatic carbocycles. The summed E-state index contributed by atoms with van der Waals surface area (Å²) >= 11 is 0. The van der Waals surface area contributed by atoms with E-state index in [2.05, 4.69) is 15.0 Å². The van der Waals surface area contributed by atoms with Gasteiger partial charge in [-0.1, -0.05) is 41.5 Å². The van der Waals surface area contributed by atoms with E-state index in [4.69, 9.17) is 19.7 Å². The topological polar surface area (TPSA) is 145 Å². The molecule has 1 unspecified atom stereocenters. The quantitative estimate of drug-likeness (QED) is 0.177. The van der Waals surface area contributed by atoms with Crippen LogP contribution in [0.1, 0.15) is 39.6 Å². The molecule has 0 spiro atoms. The maximum absolute atomic E-state index is 12.6. The number of aryl methyl sites for hydroxylation is 1. The van der Waals surface area contributed by atoms with E-state index in [1.165, 1.54) is 4.57 Å². The first-order valence-corrected chi connectivity index (χ1v) is 11.6. The average Bonchev–Trinajstić information content (AvgIpc) is 3.23. The minimum Gasteiger partial charge on any atom is -0.476 e. The monoisotopic (exact) mass is 503 g/mol. The predicted octanol–water partition coefficient (Wildman–Crippen LogP) is 3.88. The highest BCUT2D eigenvalue weighted by atomic mass is 16.5. The van der Waals surface area contributed by atoms with Crippen molar-refractivity contribution in [1.82, 2.24) is 9.55 Å². The van der Waals surface area contributed by atoms with Crippen molar-refractivity contribution >= 4 is 11.9 Å². The molecule has 2 heterocycles. The van der Waals surface area contributed by atoms with Crippen LogP contribution < -0.4 is 10.4 Å². The Balaban J connectivity index is 1.47. The summed E-state index contributed by atoms with van der Waals surface area (Å²) in [7, 11) is 0. The summed E-state index contributed by atoms with van der Waals surface area (Å²) in [6, 6.07) is 17.1. The molecule has 0 radical (unpaired) electrons. The molecule has 11 heteroatoms. The Bertz CT molecular complexity index is 1320. The first-order chi connectivity index (χ1) is 17.9. The molecular weight excluding hydrogens is 478 g/mol. The van der Waals surface area contributed by atoms with E-state index in [1.807, 2.05) is 0 Å². The van der Waals surface area contributed by atoms with Crippen LogP contribution >= 0.6 is 0 Å². The minimum atomic E-state index is -0.984. The second-order valence-corrected chi connectivity index (χ2v) is 8.77. The fourth-order valence-corrected chi connectivity index (χ4v) is 3.82. The molecule has 1 aliphatic rings. The standard InChI is InChI=1S/C26H25N5O6/c1-26(29-30-27)17-37-22-21(26)14-31(25(34)28-22)13-12-18(15-35-23(32)19-8-4-2-5-9-19)16-36-24(33)20-10-6-3-7-11-20/h2-11,14,18H,12-13,15-17H2,1H3. The lowest BCUT2D eigenvalue weighted by Crippen LogP contribution is -2.28. The summed E-state index contributed by atoms with van der Waals surface area (Å²) in [5, 5.41) is 3.80. The molecule has 1 aliphatic heterocycles. The third-order valence-corrected chi connectivity index (χ3v) is 5.99. The Kier molecular flexibility index (Phi) is 7.85. The molecule has 1 atom stereocenters. The zero-order chi connectivity index (χ0) is 26.3. The van der Waals surface area contributed by atoms with Crippen molar-refractivity contribution in [3.05, 3.63) is 104 Å². The predicted molar refractivity (Wildman–Crippen MR) is 132 cm³/mol. The highest BCUT2D eigenvalue weighted by Gasteiger charge is 2.38. The van der Waals surface area contributed by atoms with Gasteiger partial charge in [0.2, 0.25) is 5.88 Å². The number of nitrogens with zero attached hydrogens (tertiary/aromatic N) is 5. The van der Waals surface area contributed by atoms with E-state index >= 15 is 0 Å². The van der Waals surface area contributed by atoms with E-state index in [-0.39, 0.29) is 32.2 Å². The third-order valence-electron chi connectivity index (χ3n) is 5.99. The van der Waals surface area contributed by atoms with Gasteiger partial charge in [-0.05, 0) is 43.1 Å². The molecule has 37 heavy (non-hydrogen) atoms. The van der Waals surface area contributed by atoms with Crippen LogP contribution in [-0.2, 0) is 21.6 Å². The maximum Gasteiger partial charge on any atom is 0.350 e. The van der Waals surface area contributed by atoms with Gasteiger partial charge < -0.3 is 14.2 Å². The molecular formula is C26H25N5O6. The lowest BCUT2D eigenvalue weighted by molar-refractivity contribution is 0.0240. The van der Waals surface area contributed by atoms with Crippen molar-refractivity contribution in [1.29, 1.82) is 0 Å². The van der Waals surface area contributed by atoms with Crippen molar-refractivity contribution in [3.63, 3.8) is 0 Å². The Hall–Kier alpha value is -4.63. The van der Waals surface area contributed by atoms with Gasteiger partial charge in [-0.2, -0.15) is 4.98 Å². The van der Waals surface area contributed by atoms with Crippen molar-refractivity contribution in [3.8, 4) is 5.88 Å². The molecule has 190 valence electrons. The number of fused-ring (bicyclic) bond motifs is 1. The van der Waals surface area contributed by atoms with Gasteiger partial charge in [0.15, 0.2) is 0 Å². The molecule has 11 nitrogen and oxygen atoms in total. The molecule has 4 rings (SSSR count). The van der Waals surface area contributed by atoms with Gasteiger partial charge in [0.05, 0.1) is 24.3 Å². The lowest BCUT2D eigenvalue weighted by atomic mass is 9.98. The van der Waals surface area contributed by atoms with E-state index < -0.39 is 29.1 Å². The zero-order valence-corrected chi connectivity index (χ0v) is 20.1. The number of azide groups is 1. The van der Waals surface area contributed by atoms with Gasteiger partial charge in [0.25, 0.3) is 0 Å². The fourth-order valence-electron chi connectivity index (χ4n) is 3.82. The second-order valence-electron chi connectivity index (χ2n) is 8.77. The number of hydrogen-bond acceptors (Lipinski definition) is 8. The Labute approximate surface area is 212 Å². The van der Waals surface area contributed by atoms with Crippen LogP contribution in [0.5, 0.6) is 5.88 Å². The summed E-state index contributed by atoms with van der Waals surface area (Å²) in [5.74, 6) is -1.27. The van der Waals surface area contributed by atoms with Crippen molar-refractivity contribution in [2.75, 3.05) is 19.8 Å². The van der Waals surface area contributed by atoms with Crippen LogP contribution in [0, 0.1) is 5.92 Å².